The monoisotopic (exact) mass is 360 g/mol. The summed E-state index contributed by atoms with van der Waals surface area (Å²) in [5.41, 5.74) is 1.36. The van der Waals surface area contributed by atoms with Crippen molar-refractivity contribution in [2.45, 2.75) is 24.3 Å². The number of esters is 1. The molecular formula is C19H17FO4S. The maximum absolute atomic E-state index is 13.2. The van der Waals surface area contributed by atoms with Gasteiger partial charge in [-0.3, -0.25) is 0 Å². The van der Waals surface area contributed by atoms with E-state index in [2.05, 4.69) is 0 Å². The average molecular weight is 360 g/mol. The van der Waals surface area contributed by atoms with Gasteiger partial charge in [-0.25, -0.2) is 17.6 Å². The van der Waals surface area contributed by atoms with Gasteiger partial charge in [-0.2, -0.15) is 0 Å². The summed E-state index contributed by atoms with van der Waals surface area (Å²) < 4.78 is 42.0. The second-order valence-electron chi connectivity index (χ2n) is 6.45. The van der Waals surface area contributed by atoms with Crippen LogP contribution in [-0.4, -0.2) is 26.2 Å². The summed E-state index contributed by atoms with van der Waals surface area (Å²) in [5.74, 6) is -0.882. The molecule has 2 aromatic rings. The highest BCUT2D eigenvalue weighted by molar-refractivity contribution is 7.90. The fraction of sp³-hybridized carbons (Fsp3) is 0.211. The first-order chi connectivity index (χ1) is 11.6. The van der Waals surface area contributed by atoms with Crippen molar-refractivity contribution in [1.29, 1.82) is 0 Å². The smallest absolute Gasteiger partial charge is 0.340 e. The number of carbonyl (C=O) groups excluding carboxylic acids is 1. The van der Waals surface area contributed by atoms with Gasteiger partial charge in [0.1, 0.15) is 11.4 Å². The van der Waals surface area contributed by atoms with Crippen LogP contribution in [0.3, 0.4) is 0 Å². The maximum Gasteiger partial charge on any atom is 0.340 e. The first kappa shape index (κ1) is 17.4. The van der Waals surface area contributed by atoms with Crippen molar-refractivity contribution in [3.63, 3.8) is 0 Å². The van der Waals surface area contributed by atoms with E-state index in [1.54, 1.807) is 26.0 Å². The van der Waals surface area contributed by atoms with Crippen molar-refractivity contribution in [2.24, 2.45) is 0 Å². The largest absolute Gasteiger partial charge is 0.451 e. The van der Waals surface area contributed by atoms with Crippen molar-refractivity contribution in [3.05, 3.63) is 65.5 Å². The fourth-order valence-corrected chi connectivity index (χ4v) is 3.61. The van der Waals surface area contributed by atoms with E-state index >= 15 is 0 Å². The van der Waals surface area contributed by atoms with E-state index in [1.807, 2.05) is 0 Å². The van der Waals surface area contributed by atoms with Gasteiger partial charge >= 0.3 is 5.97 Å². The Kier molecular flexibility index (Phi) is 4.03. The van der Waals surface area contributed by atoms with E-state index in [0.717, 1.165) is 6.26 Å². The van der Waals surface area contributed by atoms with Gasteiger partial charge in [0.2, 0.25) is 0 Å². The zero-order valence-electron chi connectivity index (χ0n) is 14.0. The van der Waals surface area contributed by atoms with Gasteiger partial charge in [0, 0.05) is 11.8 Å². The number of hydrogen-bond acceptors (Lipinski definition) is 4. The summed E-state index contributed by atoms with van der Waals surface area (Å²) in [7, 11) is -3.31. The van der Waals surface area contributed by atoms with Crippen molar-refractivity contribution in [2.75, 3.05) is 6.26 Å². The van der Waals surface area contributed by atoms with Gasteiger partial charge in [-0.15, -0.1) is 0 Å². The highest BCUT2D eigenvalue weighted by Gasteiger charge is 2.41. The Morgan fingerprint density at radius 1 is 0.920 bits per heavy atom. The molecule has 0 aromatic heterocycles. The second kappa shape index (κ2) is 5.81. The van der Waals surface area contributed by atoms with Crippen LogP contribution in [0.5, 0.6) is 0 Å². The lowest BCUT2D eigenvalue weighted by Gasteiger charge is -2.21. The standard InChI is InChI=1S/C19H17FO4S/c1-19(2)17(13-6-10-15(11-7-13)25(3,22)23)16(18(21)24-19)12-4-8-14(20)9-5-12/h4-11H,1-3H3. The van der Waals surface area contributed by atoms with Gasteiger partial charge in [0.25, 0.3) is 0 Å². The first-order valence-electron chi connectivity index (χ1n) is 7.64. The highest BCUT2D eigenvalue weighted by atomic mass is 32.2. The minimum absolute atomic E-state index is 0.197. The average Bonchev–Trinajstić information content (AvgIpc) is 2.76. The molecule has 1 aliphatic heterocycles. The van der Waals surface area contributed by atoms with Gasteiger partial charge in [-0.1, -0.05) is 24.3 Å². The molecule has 130 valence electrons. The number of cyclic esters (lactones) is 1. The van der Waals surface area contributed by atoms with E-state index in [-0.39, 0.29) is 4.90 Å². The van der Waals surface area contributed by atoms with E-state index in [1.165, 1.54) is 36.4 Å². The number of carbonyl (C=O) groups is 1. The van der Waals surface area contributed by atoms with Crippen LogP contribution in [0.2, 0.25) is 0 Å². The van der Waals surface area contributed by atoms with Gasteiger partial charge in [-0.05, 0) is 49.2 Å². The Hall–Kier alpha value is -2.47. The summed E-state index contributed by atoms with van der Waals surface area (Å²) in [4.78, 5) is 12.6. The minimum atomic E-state index is -3.31. The Morgan fingerprint density at radius 2 is 1.44 bits per heavy atom. The third-order valence-corrected chi connectivity index (χ3v) is 5.24. The number of halogens is 1. The van der Waals surface area contributed by atoms with Gasteiger partial charge in [0.05, 0.1) is 10.5 Å². The molecule has 0 saturated heterocycles. The SMILES string of the molecule is CC1(C)OC(=O)C(c2ccc(F)cc2)=C1c1ccc(S(C)(=O)=O)cc1. The van der Waals surface area contributed by atoms with Crippen molar-refractivity contribution < 1.29 is 22.3 Å². The quantitative estimate of drug-likeness (QED) is 0.787. The summed E-state index contributed by atoms with van der Waals surface area (Å²) >= 11 is 0. The Bertz CT molecular complexity index is 969. The lowest BCUT2D eigenvalue weighted by Crippen LogP contribution is -2.22. The molecule has 25 heavy (non-hydrogen) atoms. The minimum Gasteiger partial charge on any atom is -0.451 e. The van der Waals surface area contributed by atoms with Crippen LogP contribution in [0.4, 0.5) is 4.39 Å². The molecule has 0 radical (unpaired) electrons. The first-order valence-corrected chi connectivity index (χ1v) is 9.53. The topological polar surface area (TPSA) is 60.4 Å². The Balaban J connectivity index is 2.20. The predicted octanol–water partition coefficient (Wildman–Crippen LogP) is 3.48. The van der Waals surface area contributed by atoms with E-state index in [0.29, 0.717) is 22.3 Å². The van der Waals surface area contributed by atoms with Crippen LogP contribution in [0.1, 0.15) is 25.0 Å². The zero-order valence-corrected chi connectivity index (χ0v) is 14.9. The number of benzene rings is 2. The number of ether oxygens (including phenoxy) is 1. The second-order valence-corrected chi connectivity index (χ2v) is 8.47. The highest BCUT2D eigenvalue weighted by Crippen LogP contribution is 2.43. The molecule has 0 spiro atoms. The maximum atomic E-state index is 13.2. The lowest BCUT2D eigenvalue weighted by atomic mass is 9.87. The van der Waals surface area contributed by atoms with Crippen LogP contribution >= 0.6 is 0 Å². The molecule has 0 saturated carbocycles. The normalized spacial score (nSPS) is 16.9. The van der Waals surface area contributed by atoms with E-state index in [4.69, 9.17) is 4.74 Å². The third-order valence-electron chi connectivity index (χ3n) is 4.11. The van der Waals surface area contributed by atoms with Crippen LogP contribution in [0.25, 0.3) is 11.1 Å². The molecule has 0 amide bonds. The summed E-state index contributed by atoms with van der Waals surface area (Å²) in [5, 5.41) is 0. The van der Waals surface area contributed by atoms with Crippen molar-refractivity contribution in [1.82, 2.24) is 0 Å². The van der Waals surface area contributed by atoms with E-state index < -0.39 is 27.2 Å². The molecule has 0 unspecified atom stereocenters. The molecule has 0 atom stereocenters. The number of rotatable bonds is 3. The van der Waals surface area contributed by atoms with Crippen LogP contribution in [0, 0.1) is 5.82 Å². The van der Waals surface area contributed by atoms with Crippen molar-refractivity contribution >= 4 is 27.0 Å². The predicted molar refractivity (Wildman–Crippen MR) is 92.9 cm³/mol. The zero-order chi connectivity index (χ0) is 18.4. The molecule has 0 aliphatic carbocycles. The van der Waals surface area contributed by atoms with Crippen LogP contribution < -0.4 is 0 Å². The molecule has 6 heteroatoms. The molecule has 1 heterocycles. The fourth-order valence-electron chi connectivity index (χ4n) is 2.98. The number of hydrogen-bond donors (Lipinski definition) is 0. The summed E-state index contributed by atoms with van der Waals surface area (Å²) in [6, 6.07) is 11.9. The molecule has 0 fully saturated rings. The van der Waals surface area contributed by atoms with Crippen molar-refractivity contribution in [3.8, 4) is 0 Å². The van der Waals surface area contributed by atoms with Gasteiger partial charge < -0.3 is 4.74 Å². The van der Waals surface area contributed by atoms with E-state index in [9.17, 15) is 17.6 Å². The summed E-state index contributed by atoms with van der Waals surface area (Å²) in [6.45, 7) is 3.53. The molecule has 0 N–H and O–H groups in total. The third kappa shape index (κ3) is 3.22. The Morgan fingerprint density at radius 3 is 1.96 bits per heavy atom. The molecule has 4 nitrogen and oxygen atoms in total. The number of sulfone groups is 1. The van der Waals surface area contributed by atoms with Crippen LogP contribution in [-0.2, 0) is 19.4 Å². The lowest BCUT2D eigenvalue weighted by molar-refractivity contribution is -0.141. The molecule has 0 bridgehead atoms. The molecule has 1 aliphatic rings. The van der Waals surface area contributed by atoms with Gasteiger partial charge in [0.15, 0.2) is 9.84 Å². The molecular weight excluding hydrogens is 343 g/mol. The molecule has 3 rings (SSSR count). The summed E-state index contributed by atoms with van der Waals surface area (Å²) in [6.07, 6.45) is 1.14. The van der Waals surface area contributed by atoms with Crippen LogP contribution in [0.15, 0.2) is 53.4 Å². The Labute approximate surface area is 145 Å². The molecule has 2 aromatic carbocycles.